The molecule has 0 aromatic carbocycles. The Labute approximate surface area is 156 Å². The van der Waals surface area contributed by atoms with Crippen molar-refractivity contribution in [1.29, 1.82) is 0 Å². The fourth-order valence-electron chi connectivity index (χ4n) is 3.23. The van der Waals surface area contributed by atoms with Crippen molar-refractivity contribution in [3.05, 3.63) is 40.7 Å². The molecule has 4 rings (SSSR count). The molecule has 0 spiro atoms. The van der Waals surface area contributed by atoms with Crippen molar-refractivity contribution in [3.8, 4) is 10.6 Å². The van der Waals surface area contributed by atoms with Gasteiger partial charge in [-0.15, -0.1) is 21.5 Å². The second kappa shape index (κ2) is 7.13. The Morgan fingerprint density at radius 1 is 1.04 bits per heavy atom. The maximum atomic E-state index is 5.28. The molecule has 0 saturated carbocycles. The van der Waals surface area contributed by atoms with Crippen molar-refractivity contribution in [3.63, 3.8) is 0 Å². The number of piperazine rings is 1. The number of nitrogens with zero attached hydrogens (tertiary/aromatic N) is 6. The van der Waals surface area contributed by atoms with Crippen LogP contribution in [0.25, 0.3) is 10.6 Å². The van der Waals surface area contributed by atoms with E-state index in [9.17, 15) is 0 Å². The van der Waals surface area contributed by atoms with E-state index in [-0.39, 0.29) is 0 Å². The summed E-state index contributed by atoms with van der Waals surface area (Å²) in [6.07, 6.45) is 1.75. The molecular weight excluding hydrogens is 348 g/mol. The Hall–Kier alpha value is -2.32. The lowest BCUT2D eigenvalue weighted by atomic mass is 10.2. The Balaban J connectivity index is 1.38. The molecule has 3 aromatic heterocycles. The molecule has 8 heteroatoms. The van der Waals surface area contributed by atoms with Gasteiger partial charge in [0.05, 0.1) is 21.3 Å². The van der Waals surface area contributed by atoms with Crippen LogP contribution in [-0.2, 0) is 6.54 Å². The minimum atomic E-state index is 0.723. The topological polar surface area (TPSA) is 71.2 Å². The first-order valence-corrected chi connectivity index (χ1v) is 9.56. The minimum absolute atomic E-state index is 0.723. The molecule has 1 aliphatic heterocycles. The fourth-order valence-corrected chi connectivity index (χ4v) is 4.11. The molecule has 0 radical (unpaired) electrons. The van der Waals surface area contributed by atoms with Crippen LogP contribution in [0.1, 0.15) is 22.3 Å². The van der Waals surface area contributed by atoms with Crippen molar-refractivity contribution in [2.75, 3.05) is 31.1 Å². The van der Waals surface area contributed by atoms with Crippen LogP contribution in [0.3, 0.4) is 0 Å². The van der Waals surface area contributed by atoms with Gasteiger partial charge in [-0.05, 0) is 26.0 Å². The Morgan fingerprint density at radius 3 is 2.42 bits per heavy atom. The van der Waals surface area contributed by atoms with Crippen LogP contribution in [-0.4, -0.2) is 51.2 Å². The third-order valence-electron chi connectivity index (χ3n) is 4.54. The Morgan fingerprint density at radius 2 is 1.85 bits per heavy atom. The second-order valence-corrected chi connectivity index (χ2v) is 7.75. The smallest absolute Gasteiger partial charge is 0.191 e. The van der Waals surface area contributed by atoms with E-state index in [2.05, 4.69) is 36.0 Å². The van der Waals surface area contributed by atoms with Crippen molar-refractivity contribution in [2.45, 2.75) is 27.3 Å². The first-order chi connectivity index (χ1) is 12.6. The molecule has 0 unspecified atom stereocenters. The molecule has 4 heterocycles. The predicted octanol–water partition coefficient (Wildman–Crippen LogP) is 2.84. The number of hydrogen-bond acceptors (Lipinski definition) is 8. The van der Waals surface area contributed by atoms with Crippen LogP contribution in [0.4, 0.5) is 5.82 Å². The highest BCUT2D eigenvalue weighted by molar-refractivity contribution is 7.15. The lowest BCUT2D eigenvalue weighted by Crippen LogP contribution is -2.46. The first-order valence-electron chi connectivity index (χ1n) is 8.75. The SMILES string of the molecule is Cc1nc(CN2CCN(c3ccc(-c4sc(C)nc4C)nn3)CC2)co1. The number of oxazole rings is 1. The summed E-state index contributed by atoms with van der Waals surface area (Å²) in [5, 5.41) is 9.94. The van der Waals surface area contributed by atoms with E-state index in [4.69, 9.17) is 4.42 Å². The van der Waals surface area contributed by atoms with E-state index in [1.165, 1.54) is 0 Å². The van der Waals surface area contributed by atoms with E-state index < -0.39 is 0 Å². The molecule has 136 valence electrons. The third-order valence-corrected chi connectivity index (χ3v) is 5.63. The Bertz CT molecular complexity index is 879. The zero-order valence-electron chi connectivity index (χ0n) is 15.3. The number of rotatable bonds is 4. The number of anilines is 1. The molecule has 1 fully saturated rings. The van der Waals surface area contributed by atoms with Gasteiger partial charge in [0.1, 0.15) is 12.0 Å². The van der Waals surface area contributed by atoms with Crippen molar-refractivity contribution < 1.29 is 4.42 Å². The molecule has 0 amide bonds. The van der Waals surface area contributed by atoms with Crippen LogP contribution in [0.2, 0.25) is 0 Å². The van der Waals surface area contributed by atoms with Crippen LogP contribution in [0.5, 0.6) is 0 Å². The van der Waals surface area contributed by atoms with E-state index >= 15 is 0 Å². The molecule has 1 aliphatic rings. The summed E-state index contributed by atoms with van der Waals surface area (Å²) in [5.41, 5.74) is 2.92. The van der Waals surface area contributed by atoms with Gasteiger partial charge in [0.25, 0.3) is 0 Å². The largest absolute Gasteiger partial charge is 0.449 e. The van der Waals surface area contributed by atoms with Gasteiger partial charge in [-0.1, -0.05) is 0 Å². The predicted molar refractivity (Wildman–Crippen MR) is 101 cm³/mol. The lowest BCUT2D eigenvalue weighted by Gasteiger charge is -2.34. The average Bonchev–Trinajstić information content (AvgIpc) is 3.20. The molecule has 0 atom stereocenters. The van der Waals surface area contributed by atoms with Gasteiger partial charge in [-0.25, -0.2) is 9.97 Å². The standard InChI is InChI=1S/C18H22N6OS/c1-12-18(26-14(3)19-12)16-4-5-17(22-21-16)24-8-6-23(7-9-24)10-15-11-25-13(2)20-15/h4-5,11H,6-10H2,1-3H3. The summed E-state index contributed by atoms with van der Waals surface area (Å²) in [6.45, 7) is 10.6. The number of thiazole rings is 1. The van der Waals surface area contributed by atoms with Gasteiger partial charge in [0, 0.05) is 39.6 Å². The van der Waals surface area contributed by atoms with Crippen LogP contribution in [0.15, 0.2) is 22.8 Å². The fraction of sp³-hybridized carbons (Fsp3) is 0.444. The van der Waals surface area contributed by atoms with Crippen LogP contribution < -0.4 is 4.90 Å². The van der Waals surface area contributed by atoms with Gasteiger partial charge in [0.2, 0.25) is 0 Å². The summed E-state index contributed by atoms with van der Waals surface area (Å²) < 4.78 is 5.28. The molecule has 3 aromatic rings. The molecule has 7 nitrogen and oxygen atoms in total. The van der Waals surface area contributed by atoms with Gasteiger partial charge in [-0.2, -0.15) is 0 Å². The molecule has 0 bridgehead atoms. The van der Waals surface area contributed by atoms with Gasteiger partial charge >= 0.3 is 0 Å². The summed E-state index contributed by atoms with van der Waals surface area (Å²) >= 11 is 1.66. The zero-order valence-corrected chi connectivity index (χ0v) is 16.1. The van der Waals surface area contributed by atoms with Crippen LogP contribution >= 0.6 is 11.3 Å². The Kier molecular flexibility index (Phi) is 4.69. The normalized spacial score (nSPS) is 15.6. The summed E-state index contributed by atoms with van der Waals surface area (Å²) in [5.74, 6) is 1.66. The van der Waals surface area contributed by atoms with Gasteiger partial charge in [0.15, 0.2) is 11.7 Å². The average molecular weight is 370 g/mol. The van der Waals surface area contributed by atoms with Crippen molar-refractivity contribution in [2.24, 2.45) is 0 Å². The summed E-state index contributed by atoms with van der Waals surface area (Å²) in [7, 11) is 0. The van der Waals surface area contributed by atoms with Crippen molar-refractivity contribution in [1.82, 2.24) is 25.1 Å². The van der Waals surface area contributed by atoms with E-state index in [1.807, 2.05) is 26.8 Å². The molecule has 0 aliphatic carbocycles. The maximum absolute atomic E-state index is 5.28. The number of aryl methyl sites for hydroxylation is 3. The highest BCUT2D eigenvalue weighted by atomic mass is 32.1. The van der Waals surface area contributed by atoms with Crippen LogP contribution in [0, 0.1) is 20.8 Å². The first kappa shape index (κ1) is 17.1. The lowest BCUT2D eigenvalue weighted by molar-refractivity contribution is 0.246. The highest BCUT2D eigenvalue weighted by Crippen LogP contribution is 2.28. The third kappa shape index (κ3) is 3.61. The molecule has 1 saturated heterocycles. The summed E-state index contributed by atoms with van der Waals surface area (Å²) in [6, 6.07) is 4.11. The minimum Gasteiger partial charge on any atom is -0.449 e. The molecule has 0 N–H and O–H groups in total. The molecule has 26 heavy (non-hydrogen) atoms. The van der Waals surface area contributed by atoms with Crippen molar-refractivity contribution >= 4 is 17.2 Å². The van der Waals surface area contributed by atoms with Gasteiger partial charge < -0.3 is 9.32 Å². The number of hydrogen-bond donors (Lipinski definition) is 0. The molecular formula is C18H22N6OS. The quantitative estimate of drug-likeness (QED) is 0.699. The van der Waals surface area contributed by atoms with E-state index in [0.29, 0.717) is 0 Å². The maximum Gasteiger partial charge on any atom is 0.191 e. The highest BCUT2D eigenvalue weighted by Gasteiger charge is 2.20. The van der Waals surface area contributed by atoms with E-state index in [1.54, 1.807) is 17.6 Å². The van der Waals surface area contributed by atoms with Gasteiger partial charge in [-0.3, -0.25) is 4.90 Å². The second-order valence-electron chi connectivity index (χ2n) is 6.55. The monoisotopic (exact) mass is 370 g/mol. The zero-order chi connectivity index (χ0) is 18.1. The summed E-state index contributed by atoms with van der Waals surface area (Å²) in [4.78, 5) is 14.6. The van der Waals surface area contributed by atoms with E-state index in [0.717, 1.165) is 71.4 Å². The number of aromatic nitrogens is 4.